The summed E-state index contributed by atoms with van der Waals surface area (Å²) in [6, 6.07) is 15.0. The van der Waals surface area contributed by atoms with E-state index in [1.807, 2.05) is 48.5 Å². The van der Waals surface area contributed by atoms with Crippen molar-refractivity contribution in [1.82, 2.24) is 10.6 Å². The average molecular weight is 487 g/mol. The van der Waals surface area contributed by atoms with E-state index in [1.165, 1.54) is 0 Å². The molecule has 2 heterocycles. The number of imide groups is 2. The van der Waals surface area contributed by atoms with Gasteiger partial charge < -0.3 is 9.47 Å². The van der Waals surface area contributed by atoms with Gasteiger partial charge in [0.05, 0.1) is 23.7 Å². The molecule has 2 aromatic rings. The molecular formula is C23H22N2O6S2. The number of carbonyl (C=O) groups is 4. The number of hydrogen-bond acceptors (Lipinski definition) is 8. The van der Waals surface area contributed by atoms with E-state index in [4.69, 9.17) is 9.47 Å². The minimum absolute atomic E-state index is 0.239. The van der Waals surface area contributed by atoms with Crippen molar-refractivity contribution < 1.29 is 28.7 Å². The second-order valence-corrected chi connectivity index (χ2v) is 9.86. The van der Waals surface area contributed by atoms with Crippen LogP contribution in [-0.4, -0.2) is 46.0 Å². The number of thioether (sulfide) groups is 2. The minimum atomic E-state index is -0.374. The number of rotatable bonds is 10. The summed E-state index contributed by atoms with van der Waals surface area (Å²) in [4.78, 5) is 45.8. The van der Waals surface area contributed by atoms with Crippen molar-refractivity contribution in [2.75, 3.05) is 13.2 Å². The molecule has 2 fully saturated rings. The monoisotopic (exact) mass is 486 g/mol. The van der Waals surface area contributed by atoms with E-state index in [9.17, 15) is 19.2 Å². The Bertz CT molecular complexity index is 958. The Morgan fingerprint density at radius 3 is 1.36 bits per heavy atom. The highest BCUT2D eigenvalue weighted by Gasteiger charge is 2.32. The van der Waals surface area contributed by atoms with Crippen molar-refractivity contribution in [3.63, 3.8) is 0 Å². The maximum absolute atomic E-state index is 11.7. The number of nitrogens with one attached hydrogen (secondary N) is 2. The van der Waals surface area contributed by atoms with Crippen molar-refractivity contribution in [2.24, 2.45) is 0 Å². The molecule has 172 valence electrons. The highest BCUT2D eigenvalue weighted by molar-refractivity contribution is 8.15. The van der Waals surface area contributed by atoms with Crippen LogP contribution in [0.4, 0.5) is 9.59 Å². The van der Waals surface area contributed by atoms with Gasteiger partial charge in [0, 0.05) is 6.42 Å². The van der Waals surface area contributed by atoms with Gasteiger partial charge in [-0.3, -0.25) is 29.8 Å². The first-order valence-electron chi connectivity index (χ1n) is 10.4. The molecule has 4 rings (SSSR count). The van der Waals surface area contributed by atoms with Crippen molar-refractivity contribution in [3.05, 3.63) is 59.7 Å². The summed E-state index contributed by atoms with van der Waals surface area (Å²) in [6.07, 6.45) is 1.70. The summed E-state index contributed by atoms with van der Waals surface area (Å²) in [5, 5.41) is 3.25. The topological polar surface area (TPSA) is 111 Å². The molecular weight excluding hydrogens is 464 g/mol. The van der Waals surface area contributed by atoms with Crippen LogP contribution in [0.2, 0.25) is 0 Å². The van der Waals surface area contributed by atoms with E-state index >= 15 is 0 Å². The summed E-state index contributed by atoms with van der Waals surface area (Å²) >= 11 is 2.05. The average Bonchev–Trinajstić information content (AvgIpc) is 3.28. The molecule has 2 aliphatic rings. The molecule has 2 aliphatic heterocycles. The van der Waals surface area contributed by atoms with Crippen LogP contribution < -0.4 is 20.1 Å². The van der Waals surface area contributed by atoms with E-state index in [0.717, 1.165) is 46.1 Å². The Labute approximate surface area is 199 Å². The van der Waals surface area contributed by atoms with Crippen LogP contribution in [0.15, 0.2) is 48.5 Å². The van der Waals surface area contributed by atoms with Crippen LogP contribution in [0.25, 0.3) is 0 Å². The van der Waals surface area contributed by atoms with Gasteiger partial charge in [0.1, 0.15) is 11.5 Å². The fourth-order valence-corrected chi connectivity index (χ4v) is 5.09. The van der Waals surface area contributed by atoms with E-state index in [2.05, 4.69) is 10.6 Å². The highest BCUT2D eigenvalue weighted by Crippen LogP contribution is 2.25. The lowest BCUT2D eigenvalue weighted by Gasteiger charge is -2.10. The van der Waals surface area contributed by atoms with Gasteiger partial charge in [0.25, 0.3) is 10.5 Å². The van der Waals surface area contributed by atoms with Gasteiger partial charge in [-0.2, -0.15) is 0 Å². The summed E-state index contributed by atoms with van der Waals surface area (Å²) in [6.45, 7) is 0.990. The molecule has 0 aliphatic carbocycles. The zero-order chi connectivity index (χ0) is 23.2. The number of amides is 4. The Balaban J connectivity index is 1.13. The number of hydrogen-bond donors (Lipinski definition) is 2. The predicted molar refractivity (Wildman–Crippen MR) is 126 cm³/mol. The summed E-state index contributed by atoms with van der Waals surface area (Å²) < 4.78 is 11.5. The Hall–Kier alpha value is -2.98. The van der Waals surface area contributed by atoms with Gasteiger partial charge in [-0.1, -0.05) is 47.8 Å². The lowest BCUT2D eigenvalue weighted by atomic mass is 10.1. The van der Waals surface area contributed by atoms with Crippen LogP contribution in [-0.2, 0) is 22.4 Å². The first kappa shape index (κ1) is 23.2. The molecule has 0 spiro atoms. The quantitative estimate of drug-likeness (QED) is 0.492. The second kappa shape index (κ2) is 10.8. The molecule has 2 atom stereocenters. The molecule has 2 aromatic carbocycles. The first-order valence-corrected chi connectivity index (χ1v) is 12.2. The van der Waals surface area contributed by atoms with Gasteiger partial charge >= 0.3 is 0 Å². The normalized spacial score (nSPS) is 20.0. The molecule has 8 nitrogen and oxygen atoms in total. The predicted octanol–water partition coefficient (Wildman–Crippen LogP) is 3.32. The molecule has 2 unspecified atom stereocenters. The molecule has 0 bridgehead atoms. The smallest absolute Gasteiger partial charge is 0.286 e. The summed E-state index contributed by atoms with van der Waals surface area (Å²) in [7, 11) is 0. The van der Waals surface area contributed by atoms with Crippen molar-refractivity contribution in [3.8, 4) is 11.5 Å². The van der Waals surface area contributed by atoms with Gasteiger partial charge in [-0.15, -0.1) is 0 Å². The van der Waals surface area contributed by atoms with Gasteiger partial charge in [-0.05, 0) is 48.2 Å². The molecule has 4 amide bonds. The van der Waals surface area contributed by atoms with Gasteiger partial charge in [-0.25, -0.2) is 0 Å². The maximum atomic E-state index is 11.7. The third-order valence-corrected chi connectivity index (χ3v) is 7.01. The molecule has 2 N–H and O–H groups in total. The third kappa shape index (κ3) is 6.52. The number of benzene rings is 2. The Morgan fingerprint density at radius 1 is 0.636 bits per heavy atom. The van der Waals surface area contributed by atoms with Crippen LogP contribution in [0.3, 0.4) is 0 Å². The molecule has 33 heavy (non-hydrogen) atoms. The lowest BCUT2D eigenvalue weighted by molar-refractivity contribution is -0.119. The highest BCUT2D eigenvalue weighted by atomic mass is 32.2. The molecule has 10 heteroatoms. The van der Waals surface area contributed by atoms with Crippen molar-refractivity contribution >= 4 is 45.8 Å². The van der Waals surface area contributed by atoms with Crippen LogP contribution >= 0.6 is 23.5 Å². The molecule has 0 aromatic heterocycles. The van der Waals surface area contributed by atoms with Crippen molar-refractivity contribution in [2.45, 2.75) is 29.8 Å². The third-order valence-electron chi connectivity index (χ3n) is 5.05. The van der Waals surface area contributed by atoms with E-state index in [0.29, 0.717) is 32.5 Å². The zero-order valence-corrected chi connectivity index (χ0v) is 19.2. The van der Waals surface area contributed by atoms with E-state index in [-0.39, 0.29) is 32.8 Å². The molecule has 0 radical (unpaired) electrons. The minimum Gasteiger partial charge on any atom is -0.493 e. The standard InChI is InChI=1S/C23H22N2O6S2/c26-20-18(32-22(28)24-20)12-14-2-6-16(7-3-14)30-10-1-11-31-17-8-4-15(5-9-17)13-19-21(27)25-23(29)33-19/h2-9,18-19H,1,10-13H2,(H,24,26,28)(H,25,27,29). The number of carbonyl (C=O) groups excluding carboxylic acids is 4. The fraction of sp³-hybridized carbons (Fsp3) is 0.304. The molecule has 2 saturated heterocycles. The van der Waals surface area contributed by atoms with Crippen LogP contribution in [0.5, 0.6) is 11.5 Å². The zero-order valence-electron chi connectivity index (χ0n) is 17.6. The van der Waals surface area contributed by atoms with Crippen LogP contribution in [0, 0.1) is 0 Å². The Morgan fingerprint density at radius 2 is 1.03 bits per heavy atom. The van der Waals surface area contributed by atoms with E-state index < -0.39 is 0 Å². The van der Waals surface area contributed by atoms with Crippen molar-refractivity contribution in [1.29, 1.82) is 0 Å². The Kier molecular flexibility index (Phi) is 7.56. The largest absolute Gasteiger partial charge is 0.493 e. The van der Waals surface area contributed by atoms with Gasteiger partial charge in [0.15, 0.2) is 0 Å². The maximum Gasteiger partial charge on any atom is 0.286 e. The number of ether oxygens (including phenoxy) is 2. The first-order chi connectivity index (χ1) is 16.0. The molecule has 0 saturated carbocycles. The summed E-state index contributed by atoms with van der Waals surface area (Å²) in [5.41, 5.74) is 1.94. The second-order valence-electron chi connectivity index (χ2n) is 7.51. The van der Waals surface area contributed by atoms with Gasteiger partial charge in [0.2, 0.25) is 11.8 Å². The fourth-order valence-electron chi connectivity index (χ4n) is 3.37. The SMILES string of the molecule is O=C1NC(=O)C(Cc2ccc(OCCCOc3ccc(CC4SC(=O)NC4=O)cc3)cc2)S1. The lowest BCUT2D eigenvalue weighted by Crippen LogP contribution is -2.25. The van der Waals surface area contributed by atoms with Crippen LogP contribution in [0.1, 0.15) is 17.5 Å². The van der Waals surface area contributed by atoms with E-state index in [1.54, 1.807) is 0 Å². The summed E-state index contributed by atoms with van der Waals surface area (Å²) in [5.74, 6) is 0.985.